The number of rotatable bonds is 6. The van der Waals surface area contributed by atoms with Crippen molar-refractivity contribution in [1.82, 2.24) is 5.32 Å². The van der Waals surface area contributed by atoms with E-state index in [1.807, 2.05) is 0 Å². The molecule has 1 heteroatoms. The van der Waals surface area contributed by atoms with E-state index < -0.39 is 0 Å². The minimum absolute atomic E-state index is 0.208. The van der Waals surface area contributed by atoms with Crippen LogP contribution in [-0.2, 0) is 6.42 Å². The van der Waals surface area contributed by atoms with Gasteiger partial charge in [0.15, 0.2) is 0 Å². The fourth-order valence-corrected chi connectivity index (χ4v) is 1.75. The average Bonchev–Trinajstić information content (AvgIpc) is 2.31. The Morgan fingerprint density at radius 3 is 2.75 bits per heavy atom. The molecule has 0 aliphatic carbocycles. The lowest BCUT2D eigenvalue weighted by Crippen LogP contribution is -2.28. The van der Waals surface area contributed by atoms with Crippen LogP contribution in [0.4, 0.5) is 0 Å². The predicted molar refractivity (Wildman–Crippen MR) is 70.4 cm³/mol. The van der Waals surface area contributed by atoms with Crippen LogP contribution in [0.25, 0.3) is 0 Å². The van der Waals surface area contributed by atoms with Crippen molar-refractivity contribution in [3.05, 3.63) is 35.4 Å². The molecule has 1 aromatic rings. The summed E-state index contributed by atoms with van der Waals surface area (Å²) in [6.45, 7) is 5.31. The highest BCUT2D eigenvalue weighted by atomic mass is 14.9. The molecule has 0 aliphatic heterocycles. The van der Waals surface area contributed by atoms with Gasteiger partial charge < -0.3 is 5.32 Å². The number of hydrogen-bond donors (Lipinski definition) is 1. The Labute approximate surface area is 99.3 Å². The van der Waals surface area contributed by atoms with Gasteiger partial charge in [-0.1, -0.05) is 37.1 Å². The van der Waals surface area contributed by atoms with E-state index in [0.717, 1.165) is 25.8 Å². The molecule has 0 saturated carbocycles. The molecule has 16 heavy (non-hydrogen) atoms. The van der Waals surface area contributed by atoms with Crippen LogP contribution in [0.1, 0.15) is 30.9 Å². The fraction of sp³-hybridized carbons (Fsp3) is 0.467. The fourth-order valence-electron chi connectivity index (χ4n) is 1.75. The largest absolute Gasteiger partial charge is 0.304 e. The van der Waals surface area contributed by atoms with Crippen LogP contribution in [0.15, 0.2) is 24.3 Å². The second kappa shape index (κ2) is 7.09. The molecular weight excluding hydrogens is 194 g/mol. The Hall–Kier alpha value is -1.26. The minimum Gasteiger partial charge on any atom is -0.304 e. The summed E-state index contributed by atoms with van der Waals surface area (Å²) in [7, 11) is 0. The topological polar surface area (TPSA) is 12.0 Å². The summed E-state index contributed by atoms with van der Waals surface area (Å²) >= 11 is 0. The third-order valence-corrected chi connectivity index (χ3v) is 2.81. The quantitative estimate of drug-likeness (QED) is 0.719. The molecule has 0 bridgehead atoms. The molecule has 1 atom stereocenters. The van der Waals surface area contributed by atoms with Gasteiger partial charge in [0.2, 0.25) is 0 Å². The summed E-state index contributed by atoms with van der Waals surface area (Å²) in [5, 5.41) is 3.37. The Bertz CT molecular complexity index is 349. The van der Waals surface area contributed by atoms with Gasteiger partial charge in [-0.2, -0.15) is 0 Å². The van der Waals surface area contributed by atoms with Gasteiger partial charge in [0.05, 0.1) is 6.04 Å². The van der Waals surface area contributed by atoms with E-state index in [1.54, 1.807) is 0 Å². The Morgan fingerprint density at radius 1 is 1.38 bits per heavy atom. The van der Waals surface area contributed by atoms with E-state index in [0.29, 0.717) is 0 Å². The zero-order chi connectivity index (χ0) is 11.8. The molecule has 0 aliphatic rings. The third-order valence-electron chi connectivity index (χ3n) is 2.81. The normalized spacial score (nSPS) is 12.1. The standard InChI is InChI=1S/C15H21N/c1-4-12-16-15(5-2)11-10-14-9-7-6-8-13(14)3/h2,6-9,15-16H,4,10-12H2,1,3H3. The van der Waals surface area contributed by atoms with E-state index >= 15 is 0 Å². The monoisotopic (exact) mass is 215 g/mol. The van der Waals surface area contributed by atoms with Gasteiger partial charge in [-0.05, 0) is 43.9 Å². The Morgan fingerprint density at radius 2 is 2.12 bits per heavy atom. The lowest BCUT2D eigenvalue weighted by atomic mass is 10.0. The molecule has 0 amide bonds. The first-order valence-electron chi connectivity index (χ1n) is 6.02. The molecule has 1 aromatic carbocycles. The number of nitrogens with one attached hydrogen (secondary N) is 1. The molecular formula is C15H21N. The zero-order valence-electron chi connectivity index (χ0n) is 10.3. The maximum Gasteiger partial charge on any atom is 0.0690 e. The summed E-state index contributed by atoms with van der Waals surface area (Å²) in [6, 6.07) is 8.71. The SMILES string of the molecule is C#CC(CCc1ccccc1C)NCCC. The molecule has 1 N–H and O–H groups in total. The van der Waals surface area contributed by atoms with Crippen molar-refractivity contribution < 1.29 is 0 Å². The molecule has 86 valence electrons. The van der Waals surface area contributed by atoms with Gasteiger partial charge in [0.1, 0.15) is 0 Å². The highest BCUT2D eigenvalue weighted by molar-refractivity contribution is 5.25. The van der Waals surface area contributed by atoms with Crippen molar-refractivity contribution in [2.45, 2.75) is 39.2 Å². The maximum atomic E-state index is 5.50. The molecule has 0 heterocycles. The highest BCUT2D eigenvalue weighted by Gasteiger charge is 2.04. The molecule has 1 nitrogen and oxygen atoms in total. The van der Waals surface area contributed by atoms with Crippen molar-refractivity contribution in [1.29, 1.82) is 0 Å². The smallest absolute Gasteiger partial charge is 0.0690 e. The number of terminal acetylenes is 1. The zero-order valence-corrected chi connectivity index (χ0v) is 10.3. The summed E-state index contributed by atoms with van der Waals surface area (Å²) in [6.07, 6.45) is 8.70. The van der Waals surface area contributed by atoms with Crippen molar-refractivity contribution >= 4 is 0 Å². The first-order valence-corrected chi connectivity index (χ1v) is 6.02. The number of hydrogen-bond acceptors (Lipinski definition) is 1. The van der Waals surface area contributed by atoms with Crippen LogP contribution < -0.4 is 5.32 Å². The van der Waals surface area contributed by atoms with Gasteiger partial charge in [-0.3, -0.25) is 0 Å². The van der Waals surface area contributed by atoms with Gasteiger partial charge in [-0.25, -0.2) is 0 Å². The highest BCUT2D eigenvalue weighted by Crippen LogP contribution is 2.10. The molecule has 0 fully saturated rings. The van der Waals surface area contributed by atoms with Gasteiger partial charge in [0.25, 0.3) is 0 Å². The third kappa shape index (κ3) is 4.08. The molecule has 0 saturated heterocycles. The van der Waals surface area contributed by atoms with E-state index in [4.69, 9.17) is 6.42 Å². The van der Waals surface area contributed by atoms with E-state index in [-0.39, 0.29) is 6.04 Å². The Kier molecular flexibility index (Phi) is 5.67. The van der Waals surface area contributed by atoms with E-state index in [1.165, 1.54) is 11.1 Å². The van der Waals surface area contributed by atoms with Crippen molar-refractivity contribution in [2.75, 3.05) is 6.54 Å². The van der Waals surface area contributed by atoms with Crippen LogP contribution in [0.5, 0.6) is 0 Å². The summed E-state index contributed by atoms with van der Waals surface area (Å²) < 4.78 is 0. The van der Waals surface area contributed by atoms with Crippen molar-refractivity contribution in [2.24, 2.45) is 0 Å². The summed E-state index contributed by atoms with van der Waals surface area (Å²) in [5.41, 5.74) is 2.76. The van der Waals surface area contributed by atoms with Crippen molar-refractivity contribution in [3.8, 4) is 12.3 Å². The van der Waals surface area contributed by atoms with Gasteiger partial charge in [0, 0.05) is 0 Å². The lowest BCUT2D eigenvalue weighted by Gasteiger charge is -2.13. The molecule has 1 rings (SSSR count). The van der Waals surface area contributed by atoms with Crippen LogP contribution in [0.3, 0.4) is 0 Å². The molecule has 1 unspecified atom stereocenters. The number of aryl methyl sites for hydroxylation is 2. The average molecular weight is 215 g/mol. The number of benzene rings is 1. The van der Waals surface area contributed by atoms with Gasteiger partial charge in [-0.15, -0.1) is 6.42 Å². The van der Waals surface area contributed by atoms with Crippen LogP contribution in [0, 0.1) is 19.3 Å². The first-order chi connectivity index (χ1) is 7.77. The van der Waals surface area contributed by atoms with Crippen molar-refractivity contribution in [3.63, 3.8) is 0 Å². The second-order valence-corrected chi connectivity index (χ2v) is 4.14. The predicted octanol–water partition coefficient (Wildman–Crippen LogP) is 2.93. The lowest BCUT2D eigenvalue weighted by molar-refractivity contribution is 0.566. The second-order valence-electron chi connectivity index (χ2n) is 4.14. The van der Waals surface area contributed by atoms with E-state index in [9.17, 15) is 0 Å². The molecule has 0 spiro atoms. The first kappa shape index (κ1) is 12.8. The van der Waals surface area contributed by atoms with Crippen LogP contribution in [0.2, 0.25) is 0 Å². The minimum atomic E-state index is 0.208. The van der Waals surface area contributed by atoms with Gasteiger partial charge >= 0.3 is 0 Å². The summed E-state index contributed by atoms with van der Waals surface area (Å²) in [4.78, 5) is 0. The van der Waals surface area contributed by atoms with Crippen LogP contribution >= 0.6 is 0 Å². The summed E-state index contributed by atoms with van der Waals surface area (Å²) in [5.74, 6) is 2.82. The maximum absolute atomic E-state index is 5.50. The van der Waals surface area contributed by atoms with E-state index in [2.05, 4.69) is 49.4 Å². The molecule has 0 radical (unpaired) electrons. The molecule has 0 aromatic heterocycles. The van der Waals surface area contributed by atoms with Crippen LogP contribution in [-0.4, -0.2) is 12.6 Å². The Balaban J connectivity index is 2.44.